The number of aromatic carboxylic acids is 1. The molecule has 26 heavy (non-hydrogen) atoms. The summed E-state index contributed by atoms with van der Waals surface area (Å²) in [6.07, 6.45) is 1.38. The van der Waals surface area contributed by atoms with Crippen molar-refractivity contribution in [2.45, 2.75) is 19.5 Å². The molecule has 1 atom stereocenters. The van der Waals surface area contributed by atoms with E-state index in [4.69, 9.17) is 0 Å². The summed E-state index contributed by atoms with van der Waals surface area (Å²) >= 11 is 0. The van der Waals surface area contributed by atoms with Crippen LogP contribution in [0.3, 0.4) is 0 Å². The molecular formula is C18H21FN4O3. The fourth-order valence-corrected chi connectivity index (χ4v) is 3.14. The Kier molecular flexibility index (Phi) is 5.32. The molecule has 0 bridgehead atoms. The number of hydrogen-bond acceptors (Lipinski definition) is 4. The molecule has 2 heterocycles. The molecule has 0 radical (unpaired) electrons. The Hall–Kier alpha value is -2.74. The summed E-state index contributed by atoms with van der Waals surface area (Å²) in [6, 6.07) is 7.13. The molecule has 1 amide bonds. The highest BCUT2D eigenvalue weighted by Gasteiger charge is 2.28. The maximum Gasteiger partial charge on any atom is 0.354 e. The second kappa shape index (κ2) is 7.65. The zero-order chi connectivity index (χ0) is 18.7. The molecule has 0 spiro atoms. The molecule has 1 aliphatic heterocycles. The average molecular weight is 360 g/mol. The highest BCUT2D eigenvalue weighted by molar-refractivity contribution is 5.87. The van der Waals surface area contributed by atoms with Crippen LogP contribution in [0.5, 0.6) is 0 Å². The van der Waals surface area contributed by atoms with Crippen molar-refractivity contribution in [2.75, 3.05) is 26.2 Å². The molecule has 1 aromatic carbocycles. The van der Waals surface area contributed by atoms with Gasteiger partial charge in [-0.05, 0) is 30.7 Å². The molecule has 1 fully saturated rings. The maximum absolute atomic E-state index is 13.0. The van der Waals surface area contributed by atoms with Gasteiger partial charge >= 0.3 is 5.97 Å². The monoisotopic (exact) mass is 360 g/mol. The number of piperazine rings is 1. The smallest absolute Gasteiger partial charge is 0.354 e. The molecule has 3 rings (SSSR count). The van der Waals surface area contributed by atoms with E-state index in [-0.39, 0.29) is 17.4 Å². The highest BCUT2D eigenvalue weighted by Crippen LogP contribution is 2.16. The van der Waals surface area contributed by atoms with Crippen molar-refractivity contribution in [3.63, 3.8) is 0 Å². The number of nitrogens with zero attached hydrogens (tertiary/aromatic N) is 4. The predicted molar refractivity (Wildman–Crippen MR) is 92.2 cm³/mol. The lowest BCUT2D eigenvalue weighted by atomic mass is 10.2. The Labute approximate surface area is 150 Å². The van der Waals surface area contributed by atoms with Crippen LogP contribution in [-0.4, -0.2) is 62.7 Å². The quantitative estimate of drug-likeness (QED) is 0.877. The molecule has 1 aliphatic rings. The first-order valence-corrected chi connectivity index (χ1v) is 8.48. The van der Waals surface area contributed by atoms with Gasteiger partial charge in [0.25, 0.3) is 0 Å². The third-order valence-electron chi connectivity index (χ3n) is 4.62. The van der Waals surface area contributed by atoms with E-state index in [1.165, 1.54) is 29.1 Å². The molecule has 1 N–H and O–H groups in total. The van der Waals surface area contributed by atoms with Gasteiger partial charge in [0.05, 0.1) is 0 Å². The molecule has 7 nitrogen and oxygen atoms in total. The summed E-state index contributed by atoms with van der Waals surface area (Å²) in [5.41, 5.74) is 1.03. The molecular weight excluding hydrogens is 339 g/mol. The topological polar surface area (TPSA) is 78.7 Å². The minimum atomic E-state index is -1.11. The summed E-state index contributed by atoms with van der Waals surface area (Å²) in [7, 11) is 0. The first kappa shape index (κ1) is 18.1. The van der Waals surface area contributed by atoms with Crippen molar-refractivity contribution in [3.05, 3.63) is 53.6 Å². The largest absolute Gasteiger partial charge is 0.477 e. The van der Waals surface area contributed by atoms with E-state index in [9.17, 15) is 19.1 Å². The van der Waals surface area contributed by atoms with Crippen LogP contribution < -0.4 is 0 Å². The third-order valence-corrected chi connectivity index (χ3v) is 4.62. The van der Waals surface area contributed by atoms with Crippen LogP contribution in [0.4, 0.5) is 4.39 Å². The fraction of sp³-hybridized carbons (Fsp3) is 0.389. The molecule has 0 saturated carbocycles. The zero-order valence-corrected chi connectivity index (χ0v) is 14.5. The molecule has 1 unspecified atom stereocenters. The summed E-state index contributed by atoms with van der Waals surface area (Å²) in [5.74, 6) is -1.50. The van der Waals surface area contributed by atoms with Gasteiger partial charge in [0.2, 0.25) is 5.91 Å². The number of carbonyl (C=O) groups is 2. The van der Waals surface area contributed by atoms with Crippen molar-refractivity contribution < 1.29 is 19.1 Å². The van der Waals surface area contributed by atoms with Gasteiger partial charge in [-0.25, -0.2) is 13.9 Å². The van der Waals surface area contributed by atoms with E-state index >= 15 is 0 Å². The minimum Gasteiger partial charge on any atom is -0.477 e. The number of carboxylic acid groups (broad SMARTS) is 1. The van der Waals surface area contributed by atoms with E-state index in [1.807, 2.05) is 0 Å². The van der Waals surface area contributed by atoms with E-state index in [0.717, 1.165) is 5.56 Å². The number of amides is 1. The predicted octanol–water partition coefficient (Wildman–Crippen LogP) is 1.63. The number of aromatic nitrogens is 2. The van der Waals surface area contributed by atoms with Crippen LogP contribution >= 0.6 is 0 Å². The SMILES string of the molecule is CC(C(=O)N1CCN(Cc2ccc(F)cc2)CC1)n1nccc1C(=O)O. The first-order valence-electron chi connectivity index (χ1n) is 8.48. The Morgan fingerprint density at radius 2 is 1.81 bits per heavy atom. The number of carboxylic acids is 1. The van der Waals surface area contributed by atoms with Crippen LogP contribution in [0.2, 0.25) is 0 Å². The van der Waals surface area contributed by atoms with Crippen LogP contribution in [0, 0.1) is 5.82 Å². The number of rotatable bonds is 5. The van der Waals surface area contributed by atoms with Gasteiger partial charge < -0.3 is 10.0 Å². The van der Waals surface area contributed by atoms with Crippen molar-refractivity contribution in [2.24, 2.45) is 0 Å². The summed E-state index contributed by atoms with van der Waals surface area (Å²) in [4.78, 5) is 27.8. The van der Waals surface area contributed by atoms with Gasteiger partial charge in [0, 0.05) is 38.9 Å². The van der Waals surface area contributed by atoms with Crippen LogP contribution in [-0.2, 0) is 11.3 Å². The van der Waals surface area contributed by atoms with Gasteiger partial charge in [-0.2, -0.15) is 5.10 Å². The Morgan fingerprint density at radius 3 is 2.42 bits per heavy atom. The zero-order valence-electron chi connectivity index (χ0n) is 14.5. The van der Waals surface area contributed by atoms with Gasteiger partial charge in [-0.3, -0.25) is 9.69 Å². The Morgan fingerprint density at radius 1 is 1.15 bits per heavy atom. The molecule has 1 saturated heterocycles. The van der Waals surface area contributed by atoms with E-state index in [2.05, 4.69) is 10.00 Å². The molecule has 8 heteroatoms. The molecule has 1 aromatic heterocycles. The third kappa shape index (κ3) is 3.91. The van der Waals surface area contributed by atoms with Gasteiger partial charge in [0.1, 0.15) is 17.6 Å². The summed E-state index contributed by atoms with van der Waals surface area (Å²) in [5, 5.41) is 13.2. The lowest BCUT2D eigenvalue weighted by molar-refractivity contribution is -0.136. The minimum absolute atomic E-state index is 0.000737. The molecule has 0 aliphatic carbocycles. The second-order valence-electron chi connectivity index (χ2n) is 6.37. The summed E-state index contributed by atoms with van der Waals surface area (Å²) < 4.78 is 14.2. The van der Waals surface area contributed by atoms with Crippen molar-refractivity contribution in [1.82, 2.24) is 19.6 Å². The maximum atomic E-state index is 13.0. The van der Waals surface area contributed by atoms with Gasteiger partial charge in [-0.1, -0.05) is 12.1 Å². The van der Waals surface area contributed by atoms with E-state index < -0.39 is 12.0 Å². The van der Waals surface area contributed by atoms with E-state index in [0.29, 0.717) is 32.7 Å². The average Bonchev–Trinajstić information content (AvgIpc) is 3.13. The number of halogens is 1. The summed E-state index contributed by atoms with van der Waals surface area (Å²) in [6.45, 7) is 4.91. The van der Waals surface area contributed by atoms with E-state index in [1.54, 1.807) is 24.0 Å². The number of carbonyl (C=O) groups excluding carboxylic acids is 1. The highest BCUT2D eigenvalue weighted by atomic mass is 19.1. The van der Waals surface area contributed by atoms with Crippen LogP contribution in [0.25, 0.3) is 0 Å². The van der Waals surface area contributed by atoms with Crippen LogP contribution in [0.1, 0.15) is 29.0 Å². The van der Waals surface area contributed by atoms with Crippen molar-refractivity contribution in [1.29, 1.82) is 0 Å². The lowest BCUT2D eigenvalue weighted by Gasteiger charge is -2.36. The molecule has 2 aromatic rings. The number of hydrogen-bond donors (Lipinski definition) is 1. The fourth-order valence-electron chi connectivity index (χ4n) is 3.14. The Bertz CT molecular complexity index is 782. The second-order valence-corrected chi connectivity index (χ2v) is 6.37. The van der Waals surface area contributed by atoms with Gasteiger partial charge in [0.15, 0.2) is 0 Å². The molecule has 138 valence electrons. The first-order chi connectivity index (χ1) is 12.5. The standard InChI is InChI=1S/C18H21FN4O3/c1-13(23-16(18(25)26)6-7-20-23)17(24)22-10-8-21(9-11-22)12-14-2-4-15(19)5-3-14/h2-7,13H,8-12H2,1H3,(H,25,26). The normalized spacial score (nSPS) is 16.5. The Balaban J connectivity index is 1.57. The lowest BCUT2D eigenvalue weighted by Crippen LogP contribution is -2.50. The van der Waals surface area contributed by atoms with Crippen molar-refractivity contribution in [3.8, 4) is 0 Å². The number of benzene rings is 1. The van der Waals surface area contributed by atoms with Crippen molar-refractivity contribution >= 4 is 11.9 Å². The van der Waals surface area contributed by atoms with Gasteiger partial charge in [-0.15, -0.1) is 0 Å². The van der Waals surface area contributed by atoms with Crippen LogP contribution in [0.15, 0.2) is 36.5 Å².